The SMILES string of the molecule is Cc1ccc(-c2c(O)c(O)c(C(=O)c3ccc(C(C)C)cc3)n2-c2ccc(N3CCOCC3)cc2)nn1. The monoisotopic (exact) mass is 498 g/mol. The van der Waals surface area contributed by atoms with E-state index in [4.69, 9.17) is 4.74 Å². The first-order chi connectivity index (χ1) is 17.8. The van der Waals surface area contributed by atoms with Gasteiger partial charge >= 0.3 is 0 Å². The fourth-order valence-electron chi connectivity index (χ4n) is 4.57. The topological polar surface area (TPSA) is 101 Å². The van der Waals surface area contributed by atoms with Crippen LogP contribution in [0.25, 0.3) is 17.1 Å². The highest BCUT2D eigenvalue weighted by molar-refractivity contribution is 6.11. The molecule has 0 bridgehead atoms. The molecule has 2 N–H and O–H groups in total. The Hall–Kier alpha value is -4.17. The fourth-order valence-corrected chi connectivity index (χ4v) is 4.57. The van der Waals surface area contributed by atoms with Gasteiger partial charge in [0.25, 0.3) is 0 Å². The maximum absolute atomic E-state index is 13.8. The van der Waals surface area contributed by atoms with E-state index in [0.29, 0.717) is 41.8 Å². The second kappa shape index (κ2) is 10.1. The first kappa shape index (κ1) is 24.5. The molecule has 0 unspecified atom stereocenters. The van der Waals surface area contributed by atoms with E-state index in [1.54, 1.807) is 28.8 Å². The predicted molar refractivity (Wildman–Crippen MR) is 142 cm³/mol. The van der Waals surface area contributed by atoms with Crippen LogP contribution in [-0.4, -0.2) is 57.1 Å². The molecule has 0 spiro atoms. The minimum absolute atomic E-state index is 0.0358. The zero-order valence-corrected chi connectivity index (χ0v) is 21.2. The minimum atomic E-state index is -0.493. The number of hydrogen-bond donors (Lipinski definition) is 2. The molecule has 0 atom stereocenters. The maximum atomic E-state index is 13.8. The van der Waals surface area contributed by atoms with Gasteiger partial charge in [-0.25, -0.2) is 0 Å². The summed E-state index contributed by atoms with van der Waals surface area (Å²) in [6.07, 6.45) is 0. The number of aromatic hydroxyl groups is 2. The largest absolute Gasteiger partial charge is 0.503 e. The Labute approximate surface area is 215 Å². The third kappa shape index (κ3) is 4.68. The van der Waals surface area contributed by atoms with Crippen molar-refractivity contribution in [2.24, 2.45) is 0 Å². The molecule has 0 aliphatic carbocycles. The molecule has 37 heavy (non-hydrogen) atoms. The number of morpholine rings is 1. The van der Waals surface area contributed by atoms with Crippen LogP contribution >= 0.6 is 0 Å². The highest BCUT2D eigenvalue weighted by atomic mass is 16.5. The average molecular weight is 499 g/mol. The quantitative estimate of drug-likeness (QED) is 0.367. The third-order valence-electron chi connectivity index (χ3n) is 6.70. The number of ketones is 1. The van der Waals surface area contributed by atoms with Gasteiger partial charge in [0, 0.05) is 30.0 Å². The van der Waals surface area contributed by atoms with Crippen LogP contribution < -0.4 is 4.90 Å². The van der Waals surface area contributed by atoms with Crippen LogP contribution in [0, 0.1) is 6.92 Å². The minimum Gasteiger partial charge on any atom is -0.503 e. The van der Waals surface area contributed by atoms with Crippen molar-refractivity contribution in [3.8, 4) is 28.6 Å². The van der Waals surface area contributed by atoms with E-state index in [1.807, 2.05) is 43.3 Å². The van der Waals surface area contributed by atoms with Gasteiger partial charge in [0.15, 0.2) is 11.5 Å². The Morgan fingerprint density at radius 3 is 2.11 bits per heavy atom. The Morgan fingerprint density at radius 1 is 0.865 bits per heavy atom. The zero-order chi connectivity index (χ0) is 26.1. The molecular weight excluding hydrogens is 468 g/mol. The molecule has 1 fully saturated rings. The van der Waals surface area contributed by atoms with Gasteiger partial charge in [0.05, 0.1) is 18.9 Å². The highest BCUT2D eigenvalue weighted by Gasteiger charge is 2.30. The summed E-state index contributed by atoms with van der Waals surface area (Å²) in [5.41, 5.74) is 4.36. The summed E-state index contributed by atoms with van der Waals surface area (Å²) in [5.74, 6) is -1.00. The summed E-state index contributed by atoms with van der Waals surface area (Å²) < 4.78 is 7.02. The Kier molecular flexibility index (Phi) is 6.67. The van der Waals surface area contributed by atoms with Crippen molar-refractivity contribution in [1.82, 2.24) is 14.8 Å². The molecule has 8 nitrogen and oxygen atoms in total. The predicted octanol–water partition coefficient (Wildman–Crippen LogP) is 4.84. The molecule has 2 aromatic carbocycles. The summed E-state index contributed by atoms with van der Waals surface area (Å²) >= 11 is 0. The number of carbonyl (C=O) groups is 1. The number of aromatic nitrogens is 3. The van der Waals surface area contributed by atoms with Crippen molar-refractivity contribution in [2.75, 3.05) is 31.2 Å². The van der Waals surface area contributed by atoms with Crippen LogP contribution in [0.3, 0.4) is 0 Å². The molecule has 3 heterocycles. The second-order valence-electron chi connectivity index (χ2n) is 9.51. The molecule has 5 rings (SSSR count). The Bertz CT molecular complexity index is 1400. The lowest BCUT2D eigenvalue weighted by Crippen LogP contribution is -2.36. The smallest absolute Gasteiger partial charge is 0.213 e. The number of anilines is 1. The molecule has 4 aromatic rings. The van der Waals surface area contributed by atoms with Gasteiger partial charge in [-0.3, -0.25) is 9.36 Å². The van der Waals surface area contributed by atoms with E-state index in [9.17, 15) is 15.0 Å². The van der Waals surface area contributed by atoms with Crippen molar-refractivity contribution in [1.29, 1.82) is 0 Å². The van der Waals surface area contributed by atoms with Crippen molar-refractivity contribution < 1.29 is 19.7 Å². The van der Waals surface area contributed by atoms with E-state index in [0.717, 1.165) is 24.3 Å². The third-order valence-corrected chi connectivity index (χ3v) is 6.70. The summed E-state index contributed by atoms with van der Waals surface area (Å²) in [6, 6.07) is 18.5. The molecule has 0 saturated carbocycles. The Balaban J connectivity index is 1.65. The number of aryl methyl sites for hydroxylation is 1. The number of rotatable bonds is 6. The summed E-state index contributed by atoms with van der Waals surface area (Å²) in [5, 5.41) is 30.4. The molecule has 2 aromatic heterocycles. The lowest BCUT2D eigenvalue weighted by molar-refractivity contribution is 0.102. The van der Waals surface area contributed by atoms with Gasteiger partial charge in [-0.1, -0.05) is 38.1 Å². The first-order valence-corrected chi connectivity index (χ1v) is 12.4. The highest BCUT2D eigenvalue weighted by Crippen LogP contribution is 2.44. The van der Waals surface area contributed by atoms with Crippen molar-refractivity contribution in [3.05, 3.63) is 83.2 Å². The Morgan fingerprint density at radius 2 is 1.51 bits per heavy atom. The van der Waals surface area contributed by atoms with Crippen LogP contribution in [0.1, 0.15) is 47.1 Å². The van der Waals surface area contributed by atoms with E-state index in [-0.39, 0.29) is 11.4 Å². The van der Waals surface area contributed by atoms with Gasteiger partial charge in [0.2, 0.25) is 5.78 Å². The van der Waals surface area contributed by atoms with Crippen molar-refractivity contribution >= 4 is 11.5 Å². The van der Waals surface area contributed by atoms with Crippen molar-refractivity contribution in [2.45, 2.75) is 26.7 Å². The molecular formula is C29H30N4O4. The number of benzene rings is 2. The van der Waals surface area contributed by atoms with Crippen LogP contribution in [0.4, 0.5) is 5.69 Å². The first-order valence-electron chi connectivity index (χ1n) is 12.4. The zero-order valence-electron chi connectivity index (χ0n) is 21.2. The van der Waals surface area contributed by atoms with E-state index in [2.05, 4.69) is 28.9 Å². The lowest BCUT2D eigenvalue weighted by Gasteiger charge is -2.29. The second-order valence-corrected chi connectivity index (χ2v) is 9.51. The molecule has 1 saturated heterocycles. The average Bonchev–Trinajstić information content (AvgIpc) is 3.19. The number of carbonyl (C=O) groups excluding carboxylic acids is 1. The van der Waals surface area contributed by atoms with Gasteiger partial charge in [-0.2, -0.15) is 5.10 Å². The van der Waals surface area contributed by atoms with E-state index >= 15 is 0 Å². The molecule has 190 valence electrons. The normalized spacial score (nSPS) is 13.8. The molecule has 0 amide bonds. The number of nitrogens with zero attached hydrogens (tertiary/aromatic N) is 4. The van der Waals surface area contributed by atoms with Gasteiger partial charge in [0.1, 0.15) is 17.1 Å². The van der Waals surface area contributed by atoms with Crippen LogP contribution in [-0.2, 0) is 4.74 Å². The fraction of sp³-hybridized carbons (Fsp3) is 0.276. The maximum Gasteiger partial charge on any atom is 0.213 e. The number of hydrogen-bond acceptors (Lipinski definition) is 7. The number of ether oxygens (including phenoxy) is 1. The molecule has 1 aliphatic rings. The van der Waals surface area contributed by atoms with E-state index < -0.39 is 17.3 Å². The molecule has 0 radical (unpaired) electrons. The van der Waals surface area contributed by atoms with Gasteiger partial charge < -0.3 is 19.8 Å². The summed E-state index contributed by atoms with van der Waals surface area (Å²) in [6.45, 7) is 8.92. The van der Waals surface area contributed by atoms with Crippen LogP contribution in [0.5, 0.6) is 11.5 Å². The van der Waals surface area contributed by atoms with Crippen LogP contribution in [0.2, 0.25) is 0 Å². The van der Waals surface area contributed by atoms with Crippen molar-refractivity contribution in [3.63, 3.8) is 0 Å². The summed E-state index contributed by atoms with van der Waals surface area (Å²) in [4.78, 5) is 16.0. The van der Waals surface area contributed by atoms with E-state index in [1.165, 1.54) is 0 Å². The standard InChI is InChI=1S/C29H30N4O4/c1-18(2)20-5-7-21(8-6-20)27(34)26-29(36)28(35)25(24-13-4-19(3)30-31-24)33(26)23-11-9-22(10-12-23)32-14-16-37-17-15-32/h4-13,18,35-36H,14-17H2,1-3H3. The van der Waals surface area contributed by atoms with Crippen LogP contribution in [0.15, 0.2) is 60.7 Å². The molecule has 1 aliphatic heterocycles. The lowest BCUT2D eigenvalue weighted by atomic mass is 9.99. The van der Waals surface area contributed by atoms with Gasteiger partial charge in [-0.05, 0) is 54.8 Å². The van der Waals surface area contributed by atoms with Gasteiger partial charge in [-0.15, -0.1) is 5.10 Å². The molecule has 8 heteroatoms. The summed E-state index contributed by atoms with van der Waals surface area (Å²) in [7, 11) is 0.